The van der Waals surface area contributed by atoms with Crippen molar-refractivity contribution in [2.75, 3.05) is 31.1 Å². The highest BCUT2D eigenvalue weighted by Crippen LogP contribution is 2.23. The summed E-state index contributed by atoms with van der Waals surface area (Å²) in [4.78, 5) is 2.18. The molecular formula is C18H18FN3O2S. The molecule has 1 saturated heterocycles. The van der Waals surface area contributed by atoms with Crippen LogP contribution < -0.4 is 4.90 Å². The summed E-state index contributed by atoms with van der Waals surface area (Å²) in [6, 6.07) is 13.2. The summed E-state index contributed by atoms with van der Waals surface area (Å²) in [7, 11) is -3.63. The average molecular weight is 359 g/mol. The van der Waals surface area contributed by atoms with Crippen LogP contribution in [0.3, 0.4) is 0 Å². The maximum Gasteiger partial charge on any atom is 0.243 e. The first-order valence-corrected chi connectivity index (χ1v) is 9.37. The number of aryl methyl sites for hydroxylation is 1. The van der Waals surface area contributed by atoms with Crippen LogP contribution in [-0.4, -0.2) is 38.9 Å². The van der Waals surface area contributed by atoms with E-state index in [2.05, 4.69) is 11.0 Å². The number of halogens is 1. The second kappa shape index (κ2) is 6.82. The Kier molecular flexibility index (Phi) is 4.75. The molecule has 0 radical (unpaired) electrons. The van der Waals surface area contributed by atoms with Gasteiger partial charge in [-0.3, -0.25) is 0 Å². The molecule has 7 heteroatoms. The smallest absolute Gasteiger partial charge is 0.243 e. The molecular weight excluding hydrogens is 341 g/mol. The molecule has 0 unspecified atom stereocenters. The van der Waals surface area contributed by atoms with Crippen molar-refractivity contribution in [2.45, 2.75) is 11.8 Å². The number of hydrogen-bond acceptors (Lipinski definition) is 4. The van der Waals surface area contributed by atoms with Crippen LogP contribution in [0.25, 0.3) is 0 Å². The summed E-state index contributed by atoms with van der Waals surface area (Å²) in [6.07, 6.45) is 0. The molecule has 2 aromatic carbocycles. The minimum atomic E-state index is -3.63. The first-order valence-electron chi connectivity index (χ1n) is 7.93. The van der Waals surface area contributed by atoms with Crippen LogP contribution >= 0.6 is 0 Å². The lowest BCUT2D eigenvalue weighted by molar-refractivity contribution is 0.385. The van der Waals surface area contributed by atoms with Crippen molar-refractivity contribution in [1.29, 1.82) is 5.26 Å². The standard InChI is InChI=1S/C18H18FN3O2S/c1-14-11-17(5-6-18(14)19)25(23,24)22-9-7-21(8-10-22)16-4-2-3-15(12-16)13-20/h2-6,11-12H,7-10H2,1H3. The number of piperazine rings is 1. The summed E-state index contributed by atoms with van der Waals surface area (Å²) in [5.74, 6) is -0.416. The number of nitriles is 1. The van der Waals surface area contributed by atoms with Gasteiger partial charge in [-0.15, -0.1) is 0 Å². The fraction of sp³-hybridized carbons (Fsp3) is 0.278. The van der Waals surface area contributed by atoms with Crippen LogP contribution in [-0.2, 0) is 10.0 Å². The van der Waals surface area contributed by atoms with Crippen molar-refractivity contribution >= 4 is 15.7 Å². The summed E-state index contributed by atoms with van der Waals surface area (Å²) in [5.41, 5.74) is 1.80. The molecule has 0 atom stereocenters. The number of rotatable bonds is 3. The SMILES string of the molecule is Cc1cc(S(=O)(=O)N2CCN(c3cccc(C#N)c3)CC2)ccc1F. The Labute approximate surface area is 147 Å². The minimum absolute atomic E-state index is 0.117. The number of anilines is 1. The fourth-order valence-electron chi connectivity index (χ4n) is 2.89. The van der Waals surface area contributed by atoms with Crippen LogP contribution in [0.2, 0.25) is 0 Å². The van der Waals surface area contributed by atoms with E-state index in [1.54, 1.807) is 19.1 Å². The van der Waals surface area contributed by atoms with Gasteiger partial charge in [0.25, 0.3) is 0 Å². The van der Waals surface area contributed by atoms with E-state index in [0.717, 1.165) is 5.69 Å². The van der Waals surface area contributed by atoms with Gasteiger partial charge in [-0.05, 0) is 48.9 Å². The predicted octanol–water partition coefficient (Wildman–Crippen LogP) is 2.52. The molecule has 5 nitrogen and oxygen atoms in total. The zero-order valence-electron chi connectivity index (χ0n) is 13.8. The van der Waals surface area contributed by atoms with Gasteiger partial charge in [0.05, 0.1) is 16.5 Å². The molecule has 0 N–H and O–H groups in total. The van der Waals surface area contributed by atoms with Crippen LogP contribution in [0.15, 0.2) is 47.4 Å². The molecule has 0 saturated carbocycles. The Balaban J connectivity index is 1.75. The largest absolute Gasteiger partial charge is 0.369 e. The first-order chi connectivity index (χ1) is 11.9. The first kappa shape index (κ1) is 17.4. The second-order valence-corrected chi connectivity index (χ2v) is 7.90. The van der Waals surface area contributed by atoms with Crippen molar-refractivity contribution in [3.05, 3.63) is 59.4 Å². The third kappa shape index (κ3) is 3.50. The normalized spacial score (nSPS) is 15.8. The van der Waals surface area contributed by atoms with Gasteiger partial charge >= 0.3 is 0 Å². The maximum atomic E-state index is 13.4. The monoisotopic (exact) mass is 359 g/mol. The van der Waals surface area contributed by atoms with Crippen molar-refractivity contribution in [3.63, 3.8) is 0 Å². The minimum Gasteiger partial charge on any atom is -0.369 e. The molecule has 0 amide bonds. The lowest BCUT2D eigenvalue weighted by atomic mass is 10.2. The molecule has 0 spiro atoms. The molecule has 0 aromatic heterocycles. The van der Waals surface area contributed by atoms with Crippen LogP contribution in [0.4, 0.5) is 10.1 Å². The van der Waals surface area contributed by atoms with Crippen LogP contribution in [0.1, 0.15) is 11.1 Å². The van der Waals surface area contributed by atoms with E-state index in [4.69, 9.17) is 5.26 Å². The highest BCUT2D eigenvalue weighted by Gasteiger charge is 2.29. The molecule has 1 fully saturated rings. The predicted molar refractivity (Wildman–Crippen MR) is 93.3 cm³/mol. The van der Waals surface area contributed by atoms with Crippen molar-refractivity contribution in [3.8, 4) is 6.07 Å². The van der Waals surface area contributed by atoms with E-state index in [0.29, 0.717) is 37.3 Å². The fourth-order valence-corrected chi connectivity index (χ4v) is 4.39. The van der Waals surface area contributed by atoms with Gasteiger partial charge in [0.15, 0.2) is 0 Å². The Bertz CT molecular complexity index is 930. The van der Waals surface area contributed by atoms with E-state index in [9.17, 15) is 12.8 Å². The molecule has 3 rings (SSSR count). The number of sulfonamides is 1. The van der Waals surface area contributed by atoms with Crippen LogP contribution in [0, 0.1) is 24.1 Å². The quantitative estimate of drug-likeness (QED) is 0.845. The number of hydrogen-bond donors (Lipinski definition) is 0. The molecule has 1 aliphatic rings. The van der Waals surface area contributed by atoms with Crippen molar-refractivity contribution in [1.82, 2.24) is 4.31 Å². The van der Waals surface area contributed by atoms with Crippen molar-refractivity contribution in [2.24, 2.45) is 0 Å². The van der Waals surface area contributed by atoms with Gasteiger partial charge in [0.1, 0.15) is 5.82 Å². The van der Waals surface area contributed by atoms with Crippen molar-refractivity contribution < 1.29 is 12.8 Å². The van der Waals surface area contributed by atoms with Gasteiger partial charge in [-0.2, -0.15) is 9.57 Å². The Morgan fingerprint density at radius 3 is 2.44 bits per heavy atom. The highest BCUT2D eigenvalue weighted by molar-refractivity contribution is 7.89. The van der Waals surface area contributed by atoms with E-state index >= 15 is 0 Å². The Morgan fingerprint density at radius 1 is 1.08 bits per heavy atom. The van der Waals surface area contributed by atoms with Gasteiger partial charge in [0, 0.05) is 31.9 Å². The molecule has 0 bridgehead atoms. The molecule has 25 heavy (non-hydrogen) atoms. The second-order valence-electron chi connectivity index (χ2n) is 5.96. The van der Waals surface area contributed by atoms with E-state index in [-0.39, 0.29) is 4.90 Å². The Hall–Kier alpha value is -2.43. The number of nitrogens with zero attached hydrogens (tertiary/aromatic N) is 3. The van der Waals surface area contributed by atoms with Gasteiger partial charge in [-0.1, -0.05) is 6.07 Å². The van der Waals surface area contributed by atoms with Gasteiger partial charge in [0.2, 0.25) is 10.0 Å². The van der Waals surface area contributed by atoms with Gasteiger partial charge < -0.3 is 4.90 Å². The summed E-state index contributed by atoms with van der Waals surface area (Å²) in [5, 5.41) is 8.99. The number of benzene rings is 2. The lowest BCUT2D eigenvalue weighted by Crippen LogP contribution is -2.48. The topological polar surface area (TPSA) is 64.4 Å². The van der Waals surface area contributed by atoms with E-state index < -0.39 is 15.8 Å². The maximum absolute atomic E-state index is 13.4. The summed E-state index contributed by atoms with van der Waals surface area (Å²) < 4.78 is 40.3. The zero-order chi connectivity index (χ0) is 18.0. The molecule has 1 aliphatic heterocycles. The summed E-state index contributed by atoms with van der Waals surface area (Å²) in [6.45, 7) is 3.31. The zero-order valence-corrected chi connectivity index (χ0v) is 14.6. The van der Waals surface area contributed by atoms with Gasteiger partial charge in [-0.25, -0.2) is 12.8 Å². The molecule has 130 valence electrons. The molecule has 0 aliphatic carbocycles. The highest BCUT2D eigenvalue weighted by atomic mass is 32.2. The molecule has 1 heterocycles. The third-order valence-electron chi connectivity index (χ3n) is 4.35. The Morgan fingerprint density at radius 2 is 1.80 bits per heavy atom. The third-order valence-corrected chi connectivity index (χ3v) is 6.24. The van der Waals surface area contributed by atoms with E-state index in [1.807, 2.05) is 12.1 Å². The van der Waals surface area contributed by atoms with E-state index in [1.165, 1.54) is 22.5 Å². The van der Waals surface area contributed by atoms with Crippen LogP contribution in [0.5, 0.6) is 0 Å². The summed E-state index contributed by atoms with van der Waals surface area (Å²) >= 11 is 0. The molecule has 2 aromatic rings. The average Bonchev–Trinajstić information content (AvgIpc) is 2.64. The lowest BCUT2D eigenvalue weighted by Gasteiger charge is -2.35.